The Kier molecular flexibility index (Phi) is 5.66. The van der Waals surface area contributed by atoms with E-state index in [0.717, 1.165) is 13.1 Å². The molecular formula is C19H25N3OS. The van der Waals surface area contributed by atoms with Crippen molar-refractivity contribution in [2.75, 3.05) is 33.2 Å². The van der Waals surface area contributed by atoms with Crippen molar-refractivity contribution in [3.05, 3.63) is 58.3 Å². The van der Waals surface area contributed by atoms with Crippen molar-refractivity contribution in [3.8, 4) is 0 Å². The van der Waals surface area contributed by atoms with Crippen LogP contribution in [0.2, 0.25) is 0 Å². The Bertz CT molecular complexity index is 644. The van der Waals surface area contributed by atoms with Crippen LogP contribution in [0.5, 0.6) is 0 Å². The summed E-state index contributed by atoms with van der Waals surface area (Å²) in [6.45, 7) is 3.63. The highest BCUT2D eigenvalue weighted by Crippen LogP contribution is 2.31. The van der Waals surface area contributed by atoms with Gasteiger partial charge in [0, 0.05) is 30.9 Å². The minimum Gasteiger partial charge on any atom is -0.340 e. The Morgan fingerprint density at radius 1 is 1.25 bits per heavy atom. The molecule has 1 fully saturated rings. The van der Waals surface area contributed by atoms with E-state index in [1.807, 2.05) is 29.5 Å². The zero-order chi connectivity index (χ0) is 16.9. The van der Waals surface area contributed by atoms with Crippen molar-refractivity contribution < 1.29 is 4.79 Å². The van der Waals surface area contributed by atoms with Crippen LogP contribution in [0.1, 0.15) is 16.4 Å². The molecular weight excluding hydrogens is 318 g/mol. The third kappa shape index (κ3) is 4.04. The van der Waals surface area contributed by atoms with Crippen LogP contribution in [0.15, 0.2) is 47.8 Å². The molecule has 0 radical (unpaired) electrons. The van der Waals surface area contributed by atoms with Gasteiger partial charge in [-0.25, -0.2) is 0 Å². The molecule has 4 nitrogen and oxygen atoms in total. The number of amides is 1. The summed E-state index contributed by atoms with van der Waals surface area (Å²) in [7, 11) is 1.88. The Labute approximate surface area is 147 Å². The highest BCUT2D eigenvalue weighted by molar-refractivity contribution is 7.09. The topological polar surface area (TPSA) is 49.6 Å². The molecule has 0 saturated carbocycles. The lowest BCUT2D eigenvalue weighted by Crippen LogP contribution is -2.37. The molecule has 128 valence electrons. The zero-order valence-electron chi connectivity index (χ0n) is 14.1. The number of rotatable bonds is 6. The molecule has 2 N–H and O–H groups in total. The summed E-state index contributed by atoms with van der Waals surface area (Å²) in [5.74, 6) is 1.02. The van der Waals surface area contributed by atoms with Crippen molar-refractivity contribution in [2.45, 2.75) is 12.5 Å². The molecule has 0 unspecified atom stereocenters. The van der Waals surface area contributed by atoms with Crippen LogP contribution in [-0.4, -0.2) is 48.9 Å². The van der Waals surface area contributed by atoms with Crippen LogP contribution in [0.25, 0.3) is 0 Å². The molecule has 1 aliphatic rings. The predicted octanol–water partition coefficient (Wildman–Crippen LogP) is 2.38. The SMILES string of the molecule is CN(Cc1cccs1)C(=O)CN1C[C@@H](CN)[C@H](c2ccccc2)C1. The van der Waals surface area contributed by atoms with Crippen molar-refractivity contribution in [2.24, 2.45) is 11.7 Å². The molecule has 5 heteroatoms. The summed E-state index contributed by atoms with van der Waals surface area (Å²) in [5.41, 5.74) is 7.31. The predicted molar refractivity (Wildman–Crippen MR) is 99.0 cm³/mol. The van der Waals surface area contributed by atoms with Crippen LogP contribution in [0.4, 0.5) is 0 Å². The second-order valence-electron chi connectivity index (χ2n) is 6.54. The van der Waals surface area contributed by atoms with Crippen molar-refractivity contribution in [1.82, 2.24) is 9.80 Å². The molecule has 0 bridgehead atoms. The van der Waals surface area contributed by atoms with Gasteiger partial charge in [0.05, 0.1) is 13.1 Å². The largest absolute Gasteiger partial charge is 0.340 e. The number of benzene rings is 1. The molecule has 3 rings (SSSR count). The number of carbonyl (C=O) groups excluding carboxylic acids is 1. The third-order valence-corrected chi connectivity index (χ3v) is 5.67. The van der Waals surface area contributed by atoms with E-state index in [4.69, 9.17) is 5.73 Å². The summed E-state index contributed by atoms with van der Waals surface area (Å²) < 4.78 is 0. The molecule has 1 amide bonds. The smallest absolute Gasteiger partial charge is 0.236 e. The van der Waals surface area contributed by atoms with Gasteiger partial charge >= 0.3 is 0 Å². The van der Waals surface area contributed by atoms with E-state index >= 15 is 0 Å². The first-order chi connectivity index (χ1) is 11.7. The number of nitrogens with zero attached hydrogens (tertiary/aromatic N) is 2. The van der Waals surface area contributed by atoms with Gasteiger partial charge in [-0.05, 0) is 29.5 Å². The third-order valence-electron chi connectivity index (χ3n) is 4.80. The summed E-state index contributed by atoms with van der Waals surface area (Å²) >= 11 is 1.69. The highest BCUT2D eigenvalue weighted by atomic mass is 32.1. The van der Waals surface area contributed by atoms with Gasteiger partial charge in [-0.1, -0.05) is 36.4 Å². The molecule has 2 aromatic rings. The number of hydrogen-bond donors (Lipinski definition) is 1. The summed E-state index contributed by atoms with van der Waals surface area (Å²) in [4.78, 5) is 17.8. The highest BCUT2D eigenvalue weighted by Gasteiger charge is 2.33. The number of hydrogen-bond acceptors (Lipinski definition) is 4. The van der Waals surface area contributed by atoms with Crippen molar-refractivity contribution in [3.63, 3.8) is 0 Å². The molecule has 1 aromatic heterocycles. The maximum Gasteiger partial charge on any atom is 0.236 e. The van der Waals surface area contributed by atoms with Gasteiger partial charge in [0.1, 0.15) is 0 Å². The fourth-order valence-electron chi connectivity index (χ4n) is 3.44. The van der Waals surface area contributed by atoms with Gasteiger partial charge in [-0.2, -0.15) is 0 Å². The average Bonchev–Trinajstić information content (AvgIpc) is 3.25. The molecule has 1 aliphatic heterocycles. The van der Waals surface area contributed by atoms with Gasteiger partial charge in [0.25, 0.3) is 0 Å². The minimum atomic E-state index is 0.174. The van der Waals surface area contributed by atoms with E-state index in [-0.39, 0.29) is 5.91 Å². The molecule has 24 heavy (non-hydrogen) atoms. The fourth-order valence-corrected chi connectivity index (χ4v) is 4.20. The molecule has 2 heterocycles. The van der Waals surface area contributed by atoms with Gasteiger partial charge in [0.2, 0.25) is 5.91 Å². The minimum absolute atomic E-state index is 0.174. The number of carbonyl (C=O) groups is 1. The van der Waals surface area contributed by atoms with Gasteiger partial charge < -0.3 is 10.6 Å². The van der Waals surface area contributed by atoms with Crippen LogP contribution in [0.3, 0.4) is 0 Å². The standard InChI is InChI=1S/C19H25N3OS/c1-21(12-17-8-5-9-24-17)19(23)14-22-11-16(10-20)18(13-22)15-6-3-2-4-7-15/h2-9,16,18H,10-14,20H2,1H3/t16-,18+/m1/s1. The fraction of sp³-hybridized carbons (Fsp3) is 0.421. The second kappa shape index (κ2) is 7.92. The first kappa shape index (κ1) is 17.1. The lowest BCUT2D eigenvalue weighted by atomic mass is 9.89. The zero-order valence-corrected chi connectivity index (χ0v) is 14.9. The summed E-state index contributed by atoms with van der Waals surface area (Å²) in [6.07, 6.45) is 0. The first-order valence-corrected chi connectivity index (χ1v) is 9.29. The van der Waals surface area contributed by atoms with Crippen LogP contribution < -0.4 is 5.73 Å². The van der Waals surface area contributed by atoms with Crippen LogP contribution in [0, 0.1) is 5.92 Å². The molecule has 0 spiro atoms. The van der Waals surface area contributed by atoms with Crippen molar-refractivity contribution in [1.29, 1.82) is 0 Å². The lowest BCUT2D eigenvalue weighted by Gasteiger charge is -2.21. The van der Waals surface area contributed by atoms with Gasteiger partial charge in [0.15, 0.2) is 0 Å². The Balaban J connectivity index is 1.58. The normalized spacial score (nSPS) is 21.1. The second-order valence-corrected chi connectivity index (χ2v) is 7.57. The number of likely N-dealkylation sites (N-methyl/N-ethyl adjacent to an activating group) is 1. The van der Waals surface area contributed by atoms with E-state index in [1.54, 1.807) is 11.3 Å². The monoisotopic (exact) mass is 343 g/mol. The Morgan fingerprint density at radius 3 is 2.71 bits per heavy atom. The summed E-state index contributed by atoms with van der Waals surface area (Å²) in [5, 5.41) is 2.05. The van der Waals surface area contributed by atoms with Crippen LogP contribution >= 0.6 is 11.3 Å². The number of nitrogens with two attached hydrogens (primary N) is 1. The van der Waals surface area contributed by atoms with E-state index < -0.39 is 0 Å². The molecule has 1 saturated heterocycles. The number of likely N-dealkylation sites (tertiary alicyclic amines) is 1. The maximum atomic E-state index is 12.5. The Morgan fingerprint density at radius 2 is 2.04 bits per heavy atom. The Hall–Kier alpha value is -1.69. The quantitative estimate of drug-likeness (QED) is 0.876. The number of thiophene rings is 1. The van der Waals surface area contributed by atoms with Gasteiger partial charge in [-0.3, -0.25) is 9.69 Å². The lowest BCUT2D eigenvalue weighted by molar-refractivity contribution is -0.131. The molecule has 2 atom stereocenters. The van der Waals surface area contributed by atoms with E-state index in [2.05, 4.69) is 35.2 Å². The first-order valence-electron chi connectivity index (χ1n) is 8.41. The average molecular weight is 343 g/mol. The molecule has 1 aromatic carbocycles. The van der Waals surface area contributed by atoms with E-state index in [1.165, 1.54) is 10.4 Å². The molecule has 0 aliphatic carbocycles. The maximum absolute atomic E-state index is 12.5. The summed E-state index contributed by atoms with van der Waals surface area (Å²) in [6, 6.07) is 14.6. The van der Waals surface area contributed by atoms with E-state index in [0.29, 0.717) is 31.5 Å². The van der Waals surface area contributed by atoms with Gasteiger partial charge in [-0.15, -0.1) is 11.3 Å². The van der Waals surface area contributed by atoms with Crippen molar-refractivity contribution >= 4 is 17.2 Å². The van der Waals surface area contributed by atoms with Crippen LogP contribution in [-0.2, 0) is 11.3 Å². The van der Waals surface area contributed by atoms with E-state index in [9.17, 15) is 4.79 Å².